The normalized spacial score (nSPS) is 15.4. The first-order chi connectivity index (χ1) is 10.7. The maximum absolute atomic E-state index is 11.8. The van der Waals surface area contributed by atoms with Crippen LogP contribution in [0, 0.1) is 0 Å². The number of rotatable bonds is 5. The Hall–Kier alpha value is -2.15. The van der Waals surface area contributed by atoms with Crippen molar-refractivity contribution in [1.29, 1.82) is 0 Å². The number of nitrogens with zero attached hydrogens (tertiary/aromatic N) is 1. The Morgan fingerprint density at radius 1 is 1.32 bits per heavy atom. The highest BCUT2D eigenvalue weighted by molar-refractivity contribution is 5.94. The molecular formula is C15H25N5O2+2. The molecule has 120 valence electrons. The first-order valence-corrected chi connectivity index (χ1v) is 7.82. The van der Waals surface area contributed by atoms with Gasteiger partial charge in [-0.3, -0.25) is 15.0 Å². The van der Waals surface area contributed by atoms with Crippen LogP contribution < -0.4 is 25.4 Å². The maximum Gasteiger partial charge on any atom is 0.321 e. The summed E-state index contributed by atoms with van der Waals surface area (Å²) in [7, 11) is 0. The molecule has 4 N–H and O–H groups in total. The van der Waals surface area contributed by atoms with Crippen LogP contribution in [0.3, 0.4) is 0 Å². The van der Waals surface area contributed by atoms with Gasteiger partial charge in [0.05, 0.1) is 6.20 Å². The van der Waals surface area contributed by atoms with Gasteiger partial charge in [-0.05, 0) is 12.5 Å². The molecule has 1 aromatic heterocycles. The van der Waals surface area contributed by atoms with E-state index in [9.17, 15) is 9.59 Å². The van der Waals surface area contributed by atoms with Crippen LogP contribution in [0.4, 0.5) is 10.6 Å². The molecule has 1 aliphatic heterocycles. The van der Waals surface area contributed by atoms with Gasteiger partial charge in [0.15, 0.2) is 6.54 Å². The monoisotopic (exact) mass is 307 g/mol. The smallest absolute Gasteiger partial charge is 0.321 e. The molecule has 0 bridgehead atoms. The SMILES string of the molecule is CCCNC(=O)NC(=O)C[NH+]1CCN(c2cccc[nH+]2)CC1. The summed E-state index contributed by atoms with van der Waals surface area (Å²) in [4.78, 5) is 29.9. The van der Waals surface area contributed by atoms with E-state index in [2.05, 4.69) is 26.6 Å². The molecule has 2 heterocycles. The van der Waals surface area contributed by atoms with Gasteiger partial charge in [0.2, 0.25) is 0 Å². The first-order valence-electron chi connectivity index (χ1n) is 7.82. The fourth-order valence-electron chi connectivity index (χ4n) is 2.50. The minimum Gasteiger partial charge on any atom is -0.338 e. The minimum atomic E-state index is -0.399. The highest BCUT2D eigenvalue weighted by Crippen LogP contribution is 2.04. The van der Waals surface area contributed by atoms with Gasteiger partial charge in [-0.1, -0.05) is 13.0 Å². The Bertz CT molecular complexity index is 486. The van der Waals surface area contributed by atoms with Crippen LogP contribution >= 0.6 is 0 Å². The number of amides is 3. The predicted molar refractivity (Wildman–Crippen MR) is 82.6 cm³/mol. The number of quaternary nitrogens is 1. The number of carbonyl (C=O) groups is 2. The zero-order valence-corrected chi connectivity index (χ0v) is 13.0. The Balaban J connectivity index is 1.71. The summed E-state index contributed by atoms with van der Waals surface area (Å²) in [5, 5.41) is 5.01. The number of piperazine rings is 1. The first kappa shape index (κ1) is 16.2. The van der Waals surface area contributed by atoms with Crippen molar-refractivity contribution in [2.45, 2.75) is 13.3 Å². The second-order valence-electron chi connectivity index (χ2n) is 5.47. The fourth-order valence-corrected chi connectivity index (χ4v) is 2.50. The van der Waals surface area contributed by atoms with Gasteiger partial charge < -0.3 is 10.2 Å². The molecule has 0 saturated carbocycles. The molecule has 1 aromatic rings. The standard InChI is InChI=1S/C15H23N5O2/c1-2-6-17-15(22)18-14(21)12-19-8-10-20(11-9-19)13-5-3-4-7-16-13/h3-5,7H,2,6,8-12H2,1H3,(H2,17,18,21,22)/p+2. The number of hydrogen-bond donors (Lipinski definition) is 3. The number of pyridine rings is 1. The van der Waals surface area contributed by atoms with Crippen LogP contribution in [0.15, 0.2) is 24.4 Å². The van der Waals surface area contributed by atoms with Gasteiger partial charge in [0.25, 0.3) is 11.7 Å². The summed E-state index contributed by atoms with van der Waals surface area (Å²) in [6.07, 6.45) is 2.77. The second kappa shape index (κ2) is 8.33. The van der Waals surface area contributed by atoms with Crippen LogP contribution in [0.2, 0.25) is 0 Å². The molecule has 3 amide bonds. The lowest BCUT2D eigenvalue weighted by Gasteiger charge is -2.27. The molecule has 22 heavy (non-hydrogen) atoms. The van der Waals surface area contributed by atoms with Crippen molar-refractivity contribution >= 4 is 17.8 Å². The molecule has 0 unspecified atom stereocenters. The van der Waals surface area contributed by atoms with Crippen LogP contribution in [-0.4, -0.2) is 51.2 Å². The van der Waals surface area contributed by atoms with E-state index in [0.717, 1.165) is 38.4 Å². The largest absolute Gasteiger partial charge is 0.338 e. The van der Waals surface area contributed by atoms with E-state index in [0.29, 0.717) is 13.1 Å². The Morgan fingerprint density at radius 2 is 2.09 bits per heavy atom. The average Bonchev–Trinajstić information content (AvgIpc) is 2.54. The summed E-state index contributed by atoms with van der Waals surface area (Å²) in [6.45, 7) is 6.44. The molecule has 1 saturated heterocycles. The van der Waals surface area contributed by atoms with Crippen molar-refractivity contribution in [3.8, 4) is 0 Å². The molecule has 0 radical (unpaired) electrons. The number of H-pyrrole nitrogens is 1. The number of anilines is 1. The molecule has 2 rings (SSSR count). The van der Waals surface area contributed by atoms with Crippen LogP contribution in [0.5, 0.6) is 0 Å². The summed E-state index contributed by atoms with van der Waals surface area (Å²) in [5.74, 6) is 0.883. The molecule has 0 aromatic carbocycles. The molecule has 1 fully saturated rings. The van der Waals surface area contributed by atoms with E-state index in [1.807, 2.05) is 25.3 Å². The van der Waals surface area contributed by atoms with E-state index in [4.69, 9.17) is 0 Å². The van der Waals surface area contributed by atoms with E-state index >= 15 is 0 Å². The predicted octanol–water partition coefficient (Wildman–Crippen LogP) is -1.56. The molecule has 7 heteroatoms. The Morgan fingerprint density at radius 3 is 2.73 bits per heavy atom. The number of hydrogen-bond acceptors (Lipinski definition) is 3. The highest BCUT2D eigenvalue weighted by Gasteiger charge is 2.27. The number of carbonyl (C=O) groups excluding carboxylic acids is 2. The lowest BCUT2D eigenvalue weighted by Crippen LogP contribution is -3.16. The van der Waals surface area contributed by atoms with Gasteiger partial charge in [0, 0.05) is 12.6 Å². The van der Waals surface area contributed by atoms with E-state index < -0.39 is 6.03 Å². The quantitative estimate of drug-likeness (QED) is 0.616. The number of aromatic nitrogens is 1. The topological polar surface area (TPSA) is 80.0 Å². The zero-order chi connectivity index (χ0) is 15.8. The number of imide groups is 1. The van der Waals surface area contributed by atoms with Crippen molar-refractivity contribution in [2.24, 2.45) is 0 Å². The van der Waals surface area contributed by atoms with Crippen molar-refractivity contribution in [2.75, 3.05) is 44.2 Å². The lowest BCUT2D eigenvalue weighted by molar-refractivity contribution is -0.892. The summed E-state index contributed by atoms with van der Waals surface area (Å²) >= 11 is 0. The zero-order valence-electron chi connectivity index (χ0n) is 13.0. The van der Waals surface area contributed by atoms with Crippen molar-refractivity contribution < 1.29 is 19.5 Å². The van der Waals surface area contributed by atoms with Gasteiger partial charge in [-0.25, -0.2) is 9.78 Å². The third kappa shape index (κ3) is 5.00. The fraction of sp³-hybridized carbons (Fsp3) is 0.533. The summed E-state index contributed by atoms with van der Waals surface area (Å²) in [5.41, 5.74) is 0. The van der Waals surface area contributed by atoms with E-state index in [1.54, 1.807) is 0 Å². The van der Waals surface area contributed by atoms with Gasteiger partial charge >= 0.3 is 6.03 Å². The van der Waals surface area contributed by atoms with E-state index in [1.165, 1.54) is 4.90 Å². The molecule has 0 spiro atoms. The Labute approximate surface area is 130 Å². The van der Waals surface area contributed by atoms with Gasteiger partial charge in [0.1, 0.15) is 26.2 Å². The number of urea groups is 1. The van der Waals surface area contributed by atoms with Crippen LogP contribution in [-0.2, 0) is 4.79 Å². The van der Waals surface area contributed by atoms with Gasteiger partial charge in [-0.2, -0.15) is 0 Å². The van der Waals surface area contributed by atoms with Crippen molar-refractivity contribution in [1.82, 2.24) is 10.6 Å². The average molecular weight is 307 g/mol. The van der Waals surface area contributed by atoms with Crippen molar-refractivity contribution in [3.05, 3.63) is 24.4 Å². The number of aromatic amines is 1. The van der Waals surface area contributed by atoms with Crippen LogP contribution in [0.25, 0.3) is 0 Å². The molecule has 1 aliphatic rings. The Kier molecular flexibility index (Phi) is 6.14. The maximum atomic E-state index is 11.8. The second-order valence-corrected chi connectivity index (χ2v) is 5.47. The molecule has 0 atom stereocenters. The lowest BCUT2D eigenvalue weighted by atomic mass is 10.3. The minimum absolute atomic E-state index is 0.219. The van der Waals surface area contributed by atoms with Crippen LogP contribution in [0.1, 0.15) is 13.3 Å². The highest BCUT2D eigenvalue weighted by atomic mass is 16.2. The third-order valence-electron chi connectivity index (χ3n) is 3.70. The number of nitrogens with one attached hydrogen (secondary N) is 4. The molecular weight excluding hydrogens is 282 g/mol. The molecule has 7 nitrogen and oxygen atoms in total. The summed E-state index contributed by atoms with van der Waals surface area (Å²) < 4.78 is 0. The van der Waals surface area contributed by atoms with Crippen molar-refractivity contribution in [3.63, 3.8) is 0 Å². The molecule has 0 aliphatic carbocycles. The van der Waals surface area contributed by atoms with Gasteiger partial charge in [-0.15, -0.1) is 0 Å². The van der Waals surface area contributed by atoms with E-state index in [-0.39, 0.29) is 5.91 Å². The summed E-state index contributed by atoms with van der Waals surface area (Å²) in [6, 6.07) is 5.62. The third-order valence-corrected chi connectivity index (χ3v) is 3.70.